The number of nitrogens with two attached hydrogens (primary N) is 1. The van der Waals surface area contributed by atoms with Gasteiger partial charge >= 0.3 is 0 Å². The van der Waals surface area contributed by atoms with E-state index in [0.717, 1.165) is 11.4 Å². The highest BCUT2D eigenvalue weighted by molar-refractivity contribution is 7.91. The molecule has 2 heterocycles. The molecule has 8 heteroatoms. The molecule has 1 saturated heterocycles. The van der Waals surface area contributed by atoms with Crippen LogP contribution >= 0.6 is 0 Å². The zero-order valence-corrected chi connectivity index (χ0v) is 12.0. The molecule has 0 atom stereocenters. The fourth-order valence-electron chi connectivity index (χ4n) is 2.21. The molecule has 1 aromatic rings. The summed E-state index contributed by atoms with van der Waals surface area (Å²) in [5.41, 5.74) is 3.39. The van der Waals surface area contributed by atoms with Crippen LogP contribution < -0.4 is 16.2 Å². The van der Waals surface area contributed by atoms with Gasteiger partial charge < -0.3 is 10.3 Å². The van der Waals surface area contributed by atoms with E-state index in [1.807, 2.05) is 11.8 Å². The Hall–Kier alpha value is -1.41. The molecule has 0 aromatic carbocycles. The molecule has 0 bridgehead atoms. The number of nitrogens with zero attached hydrogens (tertiary/aromatic N) is 3. The summed E-state index contributed by atoms with van der Waals surface area (Å²) in [5, 5.41) is 0. The van der Waals surface area contributed by atoms with E-state index in [9.17, 15) is 8.42 Å². The van der Waals surface area contributed by atoms with Gasteiger partial charge in [-0.05, 0) is 20.3 Å². The third-order valence-corrected chi connectivity index (χ3v) is 4.94. The number of nitrogen functional groups attached to an aromatic ring is 1. The molecule has 0 aliphatic carbocycles. The van der Waals surface area contributed by atoms with E-state index < -0.39 is 9.84 Å². The van der Waals surface area contributed by atoms with Crippen LogP contribution in [0, 0.1) is 13.8 Å². The van der Waals surface area contributed by atoms with Crippen molar-refractivity contribution in [3.8, 4) is 0 Å². The van der Waals surface area contributed by atoms with Gasteiger partial charge in [0.2, 0.25) is 0 Å². The highest BCUT2D eigenvalue weighted by atomic mass is 32.2. The van der Waals surface area contributed by atoms with Gasteiger partial charge in [0, 0.05) is 18.7 Å². The number of rotatable bonds is 2. The molecule has 19 heavy (non-hydrogen) atoms. The predicted molar refractivity (Wildman–Crippen MR) is 74.8 cm³/mol. The Morgan fingerprint density at radius 1 is 1.21 bits per heavy atom. The topological polar surface area (TPSA) is 101 Å². The molecular formula is C11H19N5O2S. The zero-order valence-electron chi connectivity index (χ0n) is 11.2. The lowest BCUT2D eigenvalue weighted by molar-refractivity contribution is 0.597. The molecule has 1 aliphatic heterocycles. The average molecular weight is 285 g/mol. The lowest BCUT2D eigenvalue weighted by Crippen LogP contribution is -2.29. The molecule has 0 spiro atoms. The lowest BCUT2D eigenvalue weighted by Gasteiger charge is -2.23. The summed E-state index contributed by atoms with van der Waals surface area (Å²) in [7, 11) is -2.92. The van der Waals surface area contributed by atoms with Gasteiger partial charge in [-0.3, -0.25) is 0 Å². The summed E-state index contributed by atoms with van der Waals surface area (Å²) in [4.78, 5) is 10.6. The maximum absolute atomic E-state index is 11.6. The van der Waals surface area contributed by atoms with Crippen LogP contribution in [0.2, 0.25) is 0 Å². The Morgan fingerprint density at radius 2 is 1.95 bits per heavy atom. The van der Waals surface area contributed by atoms with Crippen molar-refractivity contribution in [1.82, 2.24) is 9.97 Å². The molecular weight excluding hydrogens is 266 g/mol. The van der Waals surface area contributed by atoms with Crippen molar-refractivity contribution in [2.24, 2.45) is 5.84 Å². The summed E-state index contributed by atoms with van der Waals surface area (Å²) in [6, 6.07) is 0. The second-order valence-electron chi connectivity index (χ2n) is 4.70. The lowest BCUT2D eigenvalue weighted by atomic mass is 10.2. The Morgan fingerprint density at radius 3 is 2.63 bits per heavy atom. The van der Waals surface area contributed by atoms with Crippen LogP contribution in [0.1, 0.15) is 17.8 Å². The number of hydrazine groups is 1. The maximum Gasteiger partial charge on any atom is 0.152 e. The smallest absolute Gasteiger partial charge is 0.152 e. The fraction of sp³-hybridized carbons (Fsp3) is 0.636. The first kappa shape index (κ1) is 14.0. The van der Waals surface area contributed by atoms with E-state index in [1.54, 1.807) is 6.92 Å². The van der Waals surface area contributed by atoms with Crippen molar-refractivity contribution in [3.05, 3.63) is 11.4 Å². The molecule has 2 rings (SSSR count). The van der Waals surface area contributed by atoms with Gasteiger partial charge in [0.05, 0.1) is 11.5 Å². The van der Waals surface area contributed by atoms with Gasteiger partial charge in [0.25, 0.3) is 0 Å². The average Bonchev–Trinajstić information content (AvgIpc) is 2.53. The predicted octanol–water partition coefficient (Wildman–Crippen LogP) is 0.00394. The molecule has 0 unspecified atom stereocenters. The molecule has 1 aliphatic rings. The van der Waals surface area contributed by atoms with Crippen molar-refractivity contribution in [3.63, 3.8) is 0 Å². The van der Waals surface area contributed by atoms with Crippen molar-refractivity contribution in [1.29, 1.82) is 0 Å². The minimum atomic E-state index is -2.92. The number of aromatic nitrogens is 2. The van der Waals surface area contributed by atoms with E-state index in [2.05, 4.69) is 15.4 Å². The molecule has 3 N–H and O–H groups in total. The third-order valence-electron chi connectivity index (χ3n) is 3.22. The van der Waals surface area contributed by atoms with Crippen molar-refractivity contribution in [2.75, 3.05) is 34.9 Å². The number of anilines is 2. The van der Waals surface area contributed by atoms with Gasteiger partial charge in [-0.25, -0.2) is 24.2 Å². The second kappa shape index (κ2) is 5.30. The molecule has 1 fully saturated rings. The van der Waals surface area contributed by atoms with Gasteiger partial charge in [-0.15, -0.1) is 0 Å². The summed E-state index contributed by atoms with van der Waals surface area (Å²) < 4.78 is 23.3. The van der Waals surface area contributed by atoms with E-state index >= 15 is 0 Å². The van der Waals surface area contributed by atoms with Crippen molar-refractivity contribution < 1.29 is 8.42 Å². The number of hydrogen-bond acceptors (Lipinski definition) is 7. The maximum atomic E-state index is 11.6. The molecule has 106 valence electrons. The van der Waals surface area contributed by atoms with Crippen LogP contribution in [0.3, 0.4) is 0 Å². The van der Waals surface area contributed by atoms with E-state index in [4.69, 9.17) is 5.84 Å². The quantitative estimate of drug-likeness (QED) is 0.582. The minimum Gasteiger partial charge on any atom is -0.355 e. The first-order valence-electron chi connectivity index (χ1n) is 6.20. The van der Waals surface area contributed by atoms with Crippen molar-refractivity contribution >= 4 is 21.5 Å². The highest BCUT2D eigenvalue weighted by Gasteiger charge is 2.22. The first-order chi connectivity index (χ1) is 8.93. The molecule has 0 amide bonds. The molecule has 0 radical (unpaired) electrons. The number of nitrogens with one attached hydrogen (secondary N) is 1. The zero-order chi connectivity index (χ0) is 14.0. The van der Waals surface area contributed by atoms with Crippen LogP contribution in [-0.2, 0) is 9.84 Å². The highest BCUT2D eigenvalue weighted by Crippen LogP contribution is 2.24. The van der Waals surface area contributed by atoms with E-state index in [-0.39, 0.29) is 11.5 Å². The third kappa shape index (κ3) is 3.13. The summed E-state index contributed by atoms with van der Waals surface area (Å²) in [6.45, 7) is 4.81. The monoisotopic (exact) mass is 285 g/mol. The van der Waals surface area contributed by atoms with Gasteiger partial charge in [-0.1, -0.05) is 0 Å². The standard InChI is InChI=1S/C11H19N5O2S/c1-8-10(15-12)13-9(2)14-11(8)16-4-3-6-19(17,18)7-5-16/h3-7,12H2,1-2H3,(H,13,14,15). The van der Waals surface area contributed by atoms with Crippen molar-refractivity contribution in [2.45, 2.75) is 20.3 Å². The van der Waals surface area contributed by atoms with Gasteiger partial charge in [-0.2, -0.15) is 0 Å². The Labute approximate surface area is 113 Å². The SMILES string of the molecule is Cc1nc(NN)c(C)c(N2CCCS(=O)(=O)CC2)n1. The van der Waals surface area contributed by atoms with E-state index in [1.165, 1.54) is 0 Å². The second-order valence-corrected chi connectivity index (χ2v) is 7.01. The van der Waals surface area contributed by atoms with Gasteiger partial charge in [0.1, 0.15) is 17.5 Å². The van der Waals surface area contributed by atoms with Crippen LogP contribution in [0.25, 0.3) is 0 Å². The molecule has 0 saturated carbocycles. The number of hydrogen-bond donors (Lipinski definition) is 2. The summed E-state index contributed by atoms with van der Waals surface area (Å²) in [5.74, 6) is 7.80. The summed E-state index contributed by atoms with van der Waals surface area (Å²) >= 11 is 0. The fourth-order valence-corrected chi connectivity index (χ4v) is 3.48. The normalized spacial score (nSPS) is 19.0. The van der Waals surface area contributed by atoms with Gasteiger partial charge in [0.15, 0.2) is 9.84 Å². The van der Waals surface area contributed by atoms with Crippen LogP contribution in [0.5, 0.6) is 0 Å². The van der Waals surface area contributed by atoms with E-state index in [0.29, 0.717) is 31.2 Å². The Kier molecular flexibility index (Phi) is 3.91. The van der Waals surface area contributed by atoms with Crippen LogP contribution in [0.4, 0.5) is 11.6 Å². The molecule has 1 aromatic heterocycles. The number of sulfone groups is 1. The summed E-state index contributed by atoms with van der Waals surface area (Å²) in [6.07, 6.45) is 0.621. The Bertz CT molecular complexity index is 573. The van der Waals surface area contributed by atoms with Crippen LogP contribution in [0.15, 0.2) is 0 Å². The largest absolute Gasteiger partial charge is 0.355 e. The first-order valence-corrected chi connectivity index (χ1v) is 8.02. The minimum absolute atomic E-state index is 0.168. The Balaban J connectivity index is 2.34. The van der Waals surface area contributed by atoms with Crippen LogP contribution in [-0.4, -0.2) is 43.0 Å². The number of aryl methyl sites for hydroxylation is 1. The molecule has 7 nitrogen and oxygen atoms in total.